The molecule has 3 nitrogen and oxygen atoms in total. The van der Waals surface area contributed by atoms with E-state index in [0.29, 0.717) is 0 Å². The molecule has 1 aliphatic heterocycles. The van der Waals surface area contributed by atoms with Crippen LogP contribution < -0.4 is 4.74 Å². The van der Waals surface area contributed by atoms with Gasteiger partial charge in [-0.3, -0.25) is 0 Å². The van der Waals surface area contributed by atoms with Crippen molar-refractivity contribution in [3.63, 3.8) is 0 Å². The number of benzene rings is 1. The second-order valence-corrected chi connectivity index (χ2v) is 7.58. The number of rotatable bonds is 11. The molecule has 1 aromatic rings. The van der Waals surface area contributed by atoms with E-state index < -0.39 is 5.60 Å². The van der Waals surface area contributed by atoms with E-state index >= 15 is 0 Å². The molecule has 1 N–H and O–H groups in total. The standard InChI is InChI=1S/C22H37NO2/c1-3-4-5-6-8-15-22(24,16-19-23-17-9-7-10-18-23)20-11-13-21(25-2)14-12-20/h11-14,24H,3-10,15-19H2,1-2H3/t22-/m0/s1. The van der Waals surface area contributed by atoms with Crippen LogP contribution in [0, 0.1) is 0 Å². The van der Waals surface area contributed by atoms with Crippen LogP contribution in [0.2, 0.25) is 0 Å². The fourth-order valence-corrected chi connectivity index (χ4v) is 3.86. The van der Waals surface area contributed by atoms with Crippen molar-refractivity contribution in [1.82, 2.24) is 4.90 Å². The van der Waals surface area contributed by atoms with Gasteiger partial charge in [0.25, 0.3) is 0 Å². The van der Waals surface area contributed by atoms with Crippen LogP contribution in [0.5, 0.6) is 5.75 Å². The Morgan fingerprint density at radius 1 is 0.960 bits per heavy atom. The van der Waals surface area contributed by atoms with Gasteiger partial charge in [0.15, 0.2) is 0 Å². The average Bonchev–Trinajstić information content (AvgIpc) is 2.67. The number of hydrogen-bond acceptors (Lipinski definition) is 3. The second kappa shape index (κ2) is 10.8. The van der Waals surface area contributed by atoms with Crippen molar-refractivity contribution in [2.75, 3.05) is 26.7 Å². The molecule has 0 aliphatic carbocycles. The molecule has 0 aromatic heterocycles. The van der Waals surface area contributed by atoms with E-state index in [2.05, 4.69) is 11.8 Å². The lowest BCUT2D eigenvalue weighted by Gasteiger charge is -2.33. The summed E-state index contributed by atoms with van der Waals surface area (Å²) in [6.45, 7) is 5.62. The highest BCUT2D eigenvalue weighted by atomic mass is 16.5. The fraction of sp³-hybridized carbons (Fsp3) is 0.727. The molecule has 2 rings (SSSR count). The maximum atomic E-state index is 11.5. The van der Waals surface area contributed by atoms with Gasteiger partial charge < -0.3 is 14.7 Å². The number of methoxy groups -OCH3 is 1. The van der Waals surface area contributed by atoms with Crippen molar-refractivity contribution >= 4 is 0 Å². The van der Waals surface area contributed by atoms with Gasteiger partial charge in [-0.15, -0.1) is 0 Å². The van der Waals surface area contributed by atoms with Crippen LogP contribution in [0.15, 0.2) is 24.3 Å². The predicted molar refractivity (Wildman–Crippen MR) is 105 cm³/mol. The number of ether oxygens (including phenoxy) is 1. The van der Waals surface area contributed by atoms with E-state index in [1.54, 1.807) is 7.11 Å². The van der Waals surface area contributed by atoms with Gasteiger partial charge in [-0.1, -0.05) is 57.6 Å². The molecule has 1 atom stereocenters. The average molecular weight is 348 g/mol. The maximum absolute atomic E-state index is 11.5. The molecular weight excluding hydrogens is 310 g/mol. The summed E-state index contributed by atoms with van der Waals surface area (Å²) in [5.74, 6) is 0.852. The summed E-state index contributed by atoms with van der Waals surface area (Å²) < 4.78 is 5.27. The van der Waals surface area contributed by atoms with E-state index in [4.69, 9.17) is 4.74 Å². The molecule has 0 amide bonds. The van der Waals surface area contributed by atoms with Crippen molar-refractivity contribution in [3.8, 4) is 5.75 Å². The summed E-state index contributed by atoms with van der Waals surface area (Å²) in [5, 5.41) is 11.5. The summed E-state index contributed by atoms with van der Waals surface area (Å²) >= 11 is 0. The first kappa shape index (κ1) is 20.3. The Morgan fingerprint density at radius 2 is 1.64 bits per heavy atom. The lowest BCUT2D eigenvalue weighted by Crippen LogP contribution is -2.36. The van der Waals surface area contributed by atoms with E-state index in [9.17, 15) is 5.11 Å². The highest BCUT2D eigenvalue weighted by Gasteiger charge is 2.29. The molecule has 1 aliphatic rings. The predicted octanol–water partition coefficient (Wildman–Crippen LogP) is 5.12. The van der Waals surface area contributed by atoms with Crippen molar-refractivity contribution < 1.29 is 9.84 Å². The molecule has 0 radical (unpaired) electrons. The Balaban J connectivity index is 1.97. The quantitative estimate of drug-likeness (QED) is 0.564. The molecular formula is C22H37NO2. The Labute approximate surface area is 154 Å². The van der Waals surface area contributed by atoms with Gasteiger partial charge in [0.2, 0.25) is 0 Å². The molecule has 0 bridgehead atoms. The van der Waals surface area contributed by atoms with Crippen LogP contribution in [-0.4, -0.2) is 36.8 Å². The molecule has 0 unspecified atom stereocenters. The molecule has 0 spiro atoms. The first-order chi connectivity index (χ1) is 12.2. The minimum Gasteiger partial charge on any atom is -0.497 e. The Morgan fingerprint density at radius 3 is 2.28 bits per heavy atom. The smallest absolute Gasteiger partial charge is 0.118 e. The van der Waals surface area contributed by atoms with Gasteiger partial charge in [0.05, 0.1) is 12.7 Å². The molecule has 0 saturated carbocycles. The third kappa shape index (κ3) is 6.63. The molecule has 1 aromatic carbocycles. The molecule has 1 saturated heterocycles. The van der Waals surface area contributed by atoms with Crippen molar-refractivity contribution in [3.05, 3.63) is 29.8 Å². The summed E-state index contributed by atoms with van der Waals surface area (Å²) in [5.41, 5.74) is 0.330. The van der Waals surface area contributed by atoms with E-state index in [-0.39, 0.29) is 0 Å². The maximum Gasteiger partial charge on any atom is 0.118 e. The van der Waals surface area contributed by atoms with Gasteiger partial charge in [-0.05, 0) is 56.5 Å². The third-order valence-corrected chi connectivity index (χ3v) is 5.61. The number of piperidine rings is 1. The summed E-state index contributed by atoms with van der Waals surface area (Å²) in [7, 11) is 1.69. The monoisotopic (exact) mass is 347 g/mol. The first-order valence-corrected chi connectivity index (χ1v) is 10.3. The summed E-state index contributed by atoms with van der Waals surface area (Å²) in [6.07, 6.45) is 11.8. The number of hydrogen-bond donors (Lipinski definition) is 1. The largest absolute Gasteiger partial charge is 0.497 e. The van der Waals surface area contributed by atoms with Gasteiger partial charge in [0, 0.05) is 6.54 Å². The first-order valence-electron chi connectivity index (χ1n) is 10.3. The number of unbranched alkanes of at least 4 members (excludes halogenated alkanes) is 4. The molecule has 1 heterocycles. The van der Waals surface area contributed by atoms with E-state index in [0.717, 1.165) is 37.1 Å². The Hall–Kier alpha value is -1.06. The van der Waals surface area contributed by atoms with Crippen molar-refractivity contribution in [2.45, 2.75) is 76.7 Å². The minimum atomic E-state index is -0.712. The van der Waals surface area contributed by atoms with Crippen LogP contribution in [-0.2, 0) is 5.60 Å². The fourth-order valence-electron chi connectivity index (χ4n) is 3.86. The van der Waals surface area contributed by atoms with Crippen LogP contribution >= 0.6 is 0 Å². The van der Waals surface area contributed by atoms with Gasteiger partial charge in [-0.25, -0.2) is 0 Å². The summed E-state index contributed by atoms with van der Waals surface area (Å²) in [4.78, 5) is 2.52. The summed E-state index contributed by atoms with van der Waals surface area (Å²) in [6, 6.07) is 8.03. The second-order valence-electron chi connectivity index (χ2n) is 7.58. The molecule has 1 fully saturated rings. The molecule has 142 valence electrons. The van der Waals surface area contributed by atoms with Crippen molar-refractivity contribution in [2.24, 2.45) is 0 Å². The molecule has 25 heavy (non-hydrogen) atoms. The minimum absolute atomic E-state index is 0.712. The van der Waals surface area contributed by atoms with Crippen LogP contribution in [0.4, 0.5) is 0 Å². The van der Waals surface area contributed by atoms with Gasteiger partial charge >= 0.3 is 0 Å². The highest BCUT2D eigenvalue weighted by Crippen LogP contribution is 2.33. The zero-order chi connectivity index (χ0) is 18.0. The van der Waals surface area contributed by atoms with E-state index in [1.807, 2.05) is 24.3 Å². The Kier molecular flexibility index (Phi) is 8.77. The van der Waals surface area contributed by atoms with Crippen LogP contribution in [0.25, 0.3) is 0 Å². The number of nitrogens with zero attached hydrogens (tertiary/aromatic N) is 1. The Bertz CT molecular complexity index is 467. The highest BCUT2D eigenvalue weighted by molar-refractivity contribution is 5.30. The van der Waals surface area contributed by atoms with Gasteiger partial charge in [0.1, 0.15) is 5.75 Å². The topological polar surface area (TPSA) is 32.7 Å². The van der Waals surface area contributed by atoms with Crippen molar-refractivity contribution in [1.29, 1.82) is 0 Å². The molecule has 3 heteroatoms. The van der Waals surface area contributed by atoms with E-state index in [1.165, 1.54) is 58.0 Å². The zero-order valence-corrected chi connectivity index (χ0v) is 16.3. The lowest BCUT2D eigenvalue weighted by molar-refractivity contribution is 0.00475. The zero-order valence-electron chi connectivity index (χ0n) is 16.3. The van der Waals surface area contributed by atoms with Crippen LogP contribution in [0.3, 0.4) is 0 Å². The normalized spacial score (nSPS) is 18.0. The lowest BCUT2D eigenvalue weighted by atomic mass is 9.85. The number of likely N-dealkylation sites (tertiary alicyclic amines) is 1. The van der Waals surface area contributed by atoms with Crippen LogP contribution in [0.1, 0.15) is 76.7 Å². The number of aliphatic hydroxyl groups is 1. The third-order valence-electron chi connectivity index (χ3n) is 5.61. The van der Waals surface area contributed by atoms with Gasteiger partial charge in [-0.2, -0.15) is 0 Å². The SMILES string of the molecule is CCCCCCC[C@](O)(CCN1CCCCC1)c1ccc(OC)cc1.